The summed E-state index contributed by atoms with van der Waals surface area (Å²) in [4.78, 5) is 16.3. The standard InChI is InChI=1S/C21H23N5O3S/c1-28-15-5-7-18(29-2)16(14-15)17-6-8-19(24-23-17)25-9-11-26(12-10-25)21(27)22-20-4-3-13-30-20/h3-8,13-14H,9-12H2,1-2H3,(H,22,27). The van der Waals surface area contributed by atoms with E-state index in [0.29, 0.717) is 37.6 Å². The third kappa shape index (κ3) is 4.30. The summed E-state index contributed by atoms with van der Waals surface area (Å²) >= 11 is 1.51. The molecule has 0 unspecified atom stereocenters. The lowest BCUT2D eigenvalue weighted by molar-refractivity contribution is 0.208. The van der Waals surface area contributed by atoms with Crippen LogP contribution in [0, 0.1) is 0 Å². The molecule has 1 fully saturated rings. The summed E-state index contributed by atoms with van der Waals surface area (Å²) in [7, 11) is 3.25. The first-order valence-electron chi connectivity index (χ1n) is 9.58. The normalized spacial score (nSPS) is 13.8. The van der Waals surface area contributed by atoms with Crippen LogP contribution in [0.5, 0.6) is 11.5 Å². The second-order valence-corrected chi connectivity index (χ2v) is 7.67. The SMILES string of the molecule is COc1ccc(OC)c(-c2ccc(N3CCN(C(=O)Nc4cccs4)CC3)nn2)c1. The van der Waals surface area contributed by atoms with Gasteiger partial charge in [-0.15, -0.1) is 21.5 Å². The molecular formula is C21H23N5O3S. The number of thiophene rings is 1. The van der Waals surface area contributed by atoms with Gasteiger partial charge in [-0.3, -0.25) is 5.32 Å². The van der Waals surface area contributed by atoms with Gasteiger partial charge in [0.1, 0.15) is 11.5 Å². The molecule has 1 N–H and O–H groups in total. The summed E-state index contributed by atoms with van der Waals surface area (Å²) < 4.78 is 10.7. The molecule has 1 aliphatic heterocycles. The van der Waals surface area contributed by atoms with Crippen LogP contribution >= 0.6 is 11.3 Å². The zero-order valence-electron chi connectivity index (χ0n) is 16.9. The van der Waals surface area contributed by atoms with Crippen molar-refractivity contribution >= 4 is 28.2 Å². The number of piperazine rings is 1. The van der Waals surface area contributed by atoms with Gasteiger partial charge < -0.3 is 19.3 Å². The van der Waals surface area contributed by atoms with Crippen LogP contribution in [0.2, 0.25) is 0 Å². The molecule has 0 radical (unpaired) electrons. The number of carbonyl (C=O) groups is 1. The van der Waals surface area contributed by atoms with Gasteiger partial charge in [0.15, 0.2) is 5.82 Å². The maximum Gasteiger partial charge on any atom is 0.322 e. The maximum absolute atomic E-state index is 12.4. The third-order valence-corrected chi connectivity index (χ3v) is 5.76. The molecule has 8 nitrogen and oxygen atoms in total. The molecule has 1 saturated heterocycles. The van der Waals surface area contributed by atoms with E-state index in [9.17, 15) is 4.79 Å². The van der Waals surface area contributed by atoms with E-state index in [1.54, 1.807) is 14.2 Å². The van der Waals surface area contributed by atoms with Crippen molar-refractivity contribution in [2.45, 2.75) is 0 Å². The van der Waals surface area contributed by atoms with Gasteiger partial charge in [0.25, 0.3) is 0 Å². The van der Waals surface area contributed by atoms with Crippen LogP contribution in [0.25, 0.3) is 11.3 Å². The van der Waals surface area contributed by atoms with Crippen molar-refractivity contribution in [3.8, 4) is 22.8 Å². The molecule has 0 spiro atoms. The number of aromatic nitrogens is 2. The number of ether oxygens (including phenoxy) is 2. The van der Waals surface area contributed by atoms with Crippen LogP contribution in [-0.4, -0.2) is 61.5 Å². The van der Waals surface area contributed by atoms with Crippen molar-refractivity contribution in [1.29, 1.82) is 0 Å². The van der Waals surface area contributed by atoms with Crippen LogP contribution in [0.1, 0.15) is 0 Å². The quantitative estimate of drug-likeness (QED) is 0.673. The lowest BCUT2D eigenvalue weighted by Crippen LogP contribution is -2.50. The summed E-state index contributed by atoms with van der Waals surface area (Å²) in [6, 6.07) is 13.2. The first-order valence-corrected chi connectivity index (χ1v) is 10.5. The monoisotopic (exact) mass is 425 g/mol. The first kappa shape index (κ1) is 20.0. The lowest BCUT2D eigenvalue weighted by Gasteiger charge is -2.35. The Hall–Kier alpha value is -3.33. The molecule has 0 atom stereocenters. The molecule has 1 aromatic carbocycles. The van der Waals surface area contributed by atoms with Crippen molar-refractivity contribution in [2.24, 2.45) is 0 Å². The summed E-state index contributed by atoms with van der Waals surface area (Å²) in [6.45, 7) is 2.66. The predicted octanol–water partition coefficient (Wildman–Crippen LogP) is 3.58. The number of amides is 2. The molecule has 3 aromatic rings. The van der Waals surface area contributed by atoms with Gasteiger partial charge in [-0.1, -0.05) is 0 Å². The molecule has 0 bridgehead atoms. The summed E-state index contributed by atoms with van der Waals surface area (Å²) in [5, 5.41) is 14.5. The molecule has 9 heteroatoms. The summed E-state index contributed by atoms with van der Waals surface area (Å²) in [6.07, 6.45) is 0. The molecule has 1 aliphatic rings. The minimum absolute atomic E-state index is 0.0661. The number of carbonyl (C=O) groups excluding carboxylic acids is 1. The second kappa shape index (κ2) is 9.00. The number of nitrogens with one attached hydrogen (secondary N) is 1. The zero-order valence-corrected chi connectivity index (χ0v) is 17.7. The van der Waals surface area contributed by atoms with E-state index >= 15 is 0 Å². The van der Waals surface area contributed by atoms with Gasteiger partial charge in [0, 0.05) is 31.7 Å². The highest BCUT2D eigenvalue weighted by atomic mass is 32.1. The topological polar surface area (TPSA) is 79.8 Å². The molecule has 3 heterocycles. The number of anilines is 2. The summed E-state index contributed by atoms with van der Waals surface area (Å²) in [5.41, 5.74) is 1.54. The second-order valence-electron chi connectivity index (χ2n) is 6.72. The smallest absolute Gasteiger partial charge is 0.322 e. The van der Waals surface area contributed by atoms with Gasteiger partial charge in [0.05, 0.1) is 24.9 Å². The fourth-order valence-corrected chi connectivity index (χ4v) is 3.93. The number of nitrogens with zero attached hydrogens (tertiary/aromatic N) is 4. The maximum atomic E-state index is 12.4. The van der Waals surface area contributed by atoms with Gasteiger partial charge in [-0.2, -0.15) is 0 Å². The Morgan fingerprint density at radius 1 is 1.03 bits per heavy atom. The molecule has 0 saturated carbocycles. The van der Waals surface area contributed by atoms with Crippen LogP contribution in [0.4, 0.5) is 15.6 Å². The highest BCUT2D eigenvalue weighted by Gasteiger charge is 2.22. The number of hydrogen-bond donors (Lipinski definition) is 1. The average molecular weight is 426 g/mol. The van der Waals surface area contributed by atoms with Crippen LogP contribution in [0.3, 0.4) is 0 Å². The van der Waals surface area contributed by atoms with Crippen molar-refractivity contribution < 1.29 is 14.3 Å². The van der Waals surface area contributed by atoms with E-state index in [4.69, 9.17) is 9.47 Å². The zero-order chi connectivity index (χ0) is 20.9. The highest BCUT2D eigenvalue weighted by Crippen LogP contribution is 2.32. The van der Waals surface area contributed by atoms with Crippen molar-refractivity contribution in [1.82, 2.24) is 15.1 Å². The minimum Gasteiger partial charge on any atom is -0.497 e. The first-order chi connectivity index (χ1) is 14.7. The largest absolute Gasteiger partial charge is 0.497 e. The minimum atomic E-state index is -0.0661. The molecule has 2 amide bonds. The fraction of sp³-hybridized carbons (Fsp3) is 0.286. The fourth-order valence-electron chi connectivity index (χ4n) is 3.32. The third-order valence-electron chi connectivity index (χ3n) is 4.98. The van der Waals surface area contributed by atoms with Gasteiger partial charge >= 0.3 is 6.03 Å². The summed E-state index contributed by atoms with van der Waals surface area (Å²) in [5.74, 6) is 2.23. The van der Waals surface area contributed by atoms with E-state index in [2.05, 4.69) is 20.4 Å². The van der Waals surface area contributed by atoms with E-state index in [0.717, 1.165) is 22.1 Å². The number of hydrogen-bond acceptors (Lipinski definition) is 7. The van der Waals surface area contributed by atoms with Crippen molar-refractivity contribution in [3.05, 3.63) is 47.8 Å². The van der Waals surface area contributed by atoms with Crippen molar-refractivity contribution in [2.75, 3.05) is 50.6 Å². The molecule has 0 aliphatic carbocycles. The Morgan fingerprint density at radius 3 is 2.50 bits per heavy atom. The number of benzene rings is 1. The van der Waals surface area contributed by atoms with Crippen molar-refractivity contribution in [3.63, 3.8) is 0 Å². The predicted molar refractivity (Wildman–Crippen MR) is 118 cm³/mol. The van der Waals surface area contributed by atoms with Gasteiger partial charge in [0.2, 0.25) is 0 Å². The number of rotatable bonds is 5. The molecular weight excluding hydrogens is 402 g/mol. The lowest BCUT2D eigenvalue weighted by atomic mass is 10.1. The van der Waals surface area contributed by atoms with Crippen LogP contribution < -0.4 is 19.7 Å². The Kier molecular flexibility index (Phi) is 5.99. The van der Waals surface area contributed by atoms with E-state index in [1.807, 2.05) is 52.7 Å². The Bertz CT molecular complexity index is 986. The Labute approximate surface area is 179 Å². The Balaban J connectivity index is 1.40. The highest BCUT2D eigenvalue weighted by molar-refractivity contribution is 7.14. The molecule has 2 aromatic heterocycles. The Morgan fingerprint density at radius 2 is 1.87 bits per heavy atom. The van der Waals surface area contributed by atoms with Gasteiger partial charge in [-0.05, 0) is 47.8 Å². The van der Waals surface area contributed by atoms with E-state index < -0.39 is 0 Å². The number of urea groups is 1. The molecule has 4 rings (SSSR count). The number of methoxy groups -OCH3 is 2. The van der Waals surface area contributed by atoms with Gasteiger partial charge in [-0.25, -0.2) is 4.79 Å². The van der Waals surface area contributed by atoms with Crippen LogP contribution in [0.15, 0.2) is 47.8 Å². The van der Waals surface area contributed by atoms with E-state index in [-0.39, 0.29) is 6.03 Å². The average Bonchev–Trinajstić information content (AvgIpc) is 3.32. The molecule has 156 valence electrons. The van der Waals surface area contributed by atoms with E-state index in [1.165, 1.54) is 11.3 Å². The van der Waals surface area contributed by atoms with Crippen LogP contribution in [-0.2, 0) is 0 Å². The molecule has 30 heavy (non-hydrogen) atoms.